The highest BCUT2D eigenvalue weighted by molar-refractivity contribution is 5.68. The molecule has 3 heterocycles. The molecule has 0 radical (unpaired) electrons. The fraction of sp³-hybridized carbons (Fsp3) is 0.778. The Morgan fingerprint density at radius 2 is 1.79 bits per heavy atom. The van der Waals surface area contributed by atoms with Crippen molar-refractivity contribution in [1.29, 1.82) is 0 Å². The van der Waals surface area contributed by atoms with E-state index in [1.165, 1.54) is 19.3 Å². The van der Waals surface area contributed by atoms with E-state index in [1.54, 1.807) is 0 Å². The van der Waals surface area contributed by atoms with E-state index in [4.69, 9.17) is 14.5 Å². The second kappa shape index (κ2) is 8.89. The maximum absolute atomic E-state index is 12.0. The first-order valence-electron chi connectivity index (χ1n) is 13.3. The number of nitrogens with zero attached hydrogens (tertiary/aromatic N) is 2. The van der Waals surface area contributed by atoms with Crippen molar-refractivity contribution in [2.45, 2.75) is 109 Å². The van der Waals surface area contributed by atoms with Crippen LogP contribution >= 0.6 is 0 Å². The van der Waals surface area contributed by atoms with Gasteiger partial charge in [-0.05, 0) is 103 Å². The van der Waals surface area contributed by atoms with Crippen LogP contribution in [0.1, 0.15) is 84.3 Å². The van der Waals surface area contributed by atoms with E-state index in [1.807, 2.05) is 20.8 Å². The quantitative estimate of drug-likeness (QED) is 0.632. The molecular formula is C27H42N4O3. The zero-order valence-electron chi connectivity index (χ0n) is 21.4. The Balaban J connectivity index is 1.06. The smallest absolute Gasteiger partial charge is 0.407 e. The van der Waals surface area contributed by atoms with Gasteiger partial charge in [0.1, 0.15) is 11.4 Å². The van der Waals surface area contributed by atoms with Crippen molar-refractivity contribution in [3.05, 3.63) is 17.8 Å². The highest BCUT2D eigenvalue weighted by Crippen LogP contribution is 2.56. The van der Waals surface area contributed by atoms with Crippen molar-refractivity contribution in [1.82, 2.24) is 10.3 Å². The van der Waals surface area contributed by atoms with Gasteiger partial charge in [0.15, 0.2) is 0 Å². The third-order valence-electron chi connectivity index (χ3n) is 8.30. The fourth-order valence-corrected chi connectivity index (χ4v) is 6.53. The van der Waals surface area contributed by atoms with Gasteiger partial charge in [-0.1, -0.05) is 0 Å². The summed E-state index contributed by atoms with van der Waals surface area (Å²) in [6.07, 6.45) is 10.1. The minimum atomic E-state index is -0.446. The first-order chi connectivity index (χ1) is 16.1. The number of amides is 1. The van der Waals surface area contributed by atoms with Gasteiger partial charge in [0.05, 0.1) is 17.0 Å². The molecule has 2 N–H and O–H groups in total. The Morgan fingerprint density at radius 3 is 2.41 bits per heavy atom. The molecular weight excluding hydrogens is 428 g/mol. The molecule has 34 heavy (non-hydrogen) atoms. The van der Waals surface area contributed by atoms with Crippen molar-refractivity contribution < 1.29 is 14.3 Å². The number of hydrogen-bond donors (Lipinski definition) is 2. The summed E-state index contributed by atoms with van der Waals surface area (Å²) < 4.78 is 11.6. The molecule has 0 aromatic carbocycles. The molecule has 0 unspecified atom stereocenters. The van der Waals surface area contributed by atoms with Crippen LogP contribution < -0.4 is 15.5 Å². The number of pyridine rings is 1. The van der Waals surface area contributed by atoms with Gasteiger partial charge in [-0.2, -0.15) is 0 Å². The lowest BCUT2D eigenvalue weighted by Crippen LogP contribution is -2.59. The molecule has 7 heteroatoms. The molecule has 2 saturated heterocycles. The van der Waals surface area contributed by atoms with Crippen LogP contribution in [0.4, 0.5) is 16.3 Å². The van der Waals surface area contributed by atoms with E-state index in [0.29, 0.717) is 11.5 Å². The van der Waals surface area contributed by atoms with E-state index < -0.39 is 5.60 Å². The van der Waals surface area contributed by atoms with Crippen LogP contribution in [0, 0.1) is 12.3 Å². The number of aromatic nitrogens is 1. The third-order valence-corrected chi connectivity index (χ3v) is 8.30. The Labute approximate surface area is 204 Å². The van der Waals surface area contributed by atoms with Crippen molar-refractivity contribution in [3.63, 3.8) is 0 Å². The first-order valence-corrected chi connectivity index (χ1v) is 13.3. The van der Waals surface area contributed by atoms with Gasteiger partial charge in [-0.25, -0.2) is 9.78 Å². The molecule has 1 amide bonds. The predicted octanol–water partition coefficient (Wildman–Crippen LogP) is 5.18. The first kappa shape index (κ1) is 23.7. The van der Waals surface area contributed by atoms with Crippen molar-refractivity contribution in [2.75, 3.05) is 29.9 Å². The van der Waals surface area contributed by atoms with E-state index in [2.05, 4.69) is 34.6 Å². The molecule has 4 aliphatic rings. The summed E-state index contributed by atoms with van der Waals surface area (Å²) in [5.74, 6) is 1.09. The number of aryl methyl sites for hydroxylation is 1. The Kier molecular flexibility index (Phi) is 6.20. The number of anilines is 2. The number of piperidine rings is 1. The van der Waals surface area contributed by atoms with Crippen LogP contribution in [-0.4, -0.2) is 54.1 Å². The van der Waals surface area contributed by atoms with Gasteiger partial charge >= 0.3 is 6.09 Å². The third kappa shape index (κ3) is 5.14. The van der Waals surface area contributed by atoms with Gasteiger partial charge < -0.3 is 25.0 Å². The second-order valence-electron chi connectivity index (χ2n) is 12.3. The van der Waals surface area contributed by atoms with E-state index in [0.717, 1.165) is 75.4 Å². The maximum atomic E-state index is 12.0. The van der Waals surface area contributed by atoms with Gasteiger partial charge in [0.2, 0.25) is 0 Å². The van der Waals surface area contributed by atoms with Crippen LogP contribution in [0.25, 0.3) is 0 Å². The molecule has 2 aliphatic carbocycles. The standard InChI is InChI=1S/C27H42N4O3/c1-19-22(7-8-23(28-19)31-12-10-27(11-13-31)9-5-6-14-33-27)29-20-15-26(16-20)17-21(18-26)30-24(32)34-25(2,3)4/h7-8,20-21,29H,5-6,9-18H2,1-4H3,(H,30,32). The molecule has 1 aromatic heterocycles. The van der Waals surface area contributed by atoms with Crippen LogP contribution in [0.5, 0.6) is 0 Å². The molecule has 1 aromatic rings. The summed E-state index contributed by atoms with van der Waals surface area (Å²) in [4.78, 5) is 19.3. The summed E-state index contributed by atoms with van der Waals surface area (Å²) in [5, 5.41) is 6.74. The number of rotatable bonds is 4. The number of hydrogen-bond acceptors (Lipinski definition) is 6. The van der Waals surface area contributed by atoms with Crippen molar-refractivity contribution >= 4 is 17.6 Å². The minimum Gasteiger partial charge on any atom is -0.444 e. The number of carbonyl (C=O) groups excluding carboxylic acids is 1. The number of ether oxygens (including phenoxy) is 2. The zero-order valence-corrected chi connectivity index (χ0v) is 21.4. The summed E-state index contributed by atoms with van der Waals surface area (Å²) in [6, 6.07) is 5.12. The van der Waals surface area contributed by atoms with E-state index >= 15 is 0 Å². The molecule has 7 nitrogen and oxygen atoms in total. The SMILES string of the molecule is Cc1nc(N2CCC3(CCCCO3)CC2)ccc1NC1CC2(CC(NC(=O)OC(C)(C)C)C2)C1. The molecule has 0 atom stereocenters. The molecule has 2 saturated carbocycles. The van der Waals surface area contributed by atoms with Crippen LogP contribution in [0.15, 0.2) is 12.1 Å². The average molecular weight is 471 g/mol. The monoisotopic (exact) mass is 470 g/mol. The van der Waals surface area contributed by atoms with Crippen LogP contribution in [0.2, 0.25) is 0 Å². The van der Waals surface area contributed by atoms with Gasteiger partial charge in [-0.3, -0.25) is 0 Å². The summed E-state index contributed by atoms with van der Waals surface area (Å²) in [7, 11) is 0. The fourth-order valence-electron chi connectivity index (χ4n) is 6.53. The Morgan fingerprint density at radius 1 is 1.09 bits per heavy atom. The van der Waals surface area contributed by atoms with Crippen molar-refractivity contribution in [3.8, 4) is 0 Å². The zero-order chi connectivity index (χ0) is 24.0. The summed E-state index contributed by atoms with van der Waals surface area (Å²) in [5.41, 5.74) is 2.30. The molecule has 0 bridgehead atoms. The molecule has 2 aliphatic heterocycles. The van der Waals surface area contributed by atoms with Crippen molar-refractivity contribution in [2.24, 2.45) is 5.41 Å². The summed E-state index contributed by atoms with van der Waals surface area (Å²) in [6.45, 7) is 10.8. The Hall–Kier alpha value is -2.02. The number of carbonyl (C=O) groups is 1. The summed E-state index contributed by atoms with van der Waals surface area (Å²) >= 11 is 0. The topological polar surface area (TPSA) is 75.7 Å². The largest absolute Gasteiger partial charge is 0.444 e. The Bertz CT molecular complexity index is 882. The molecule has 2 spiro atoms. The highest BCUT2D eigenvalue weighted by Gasteiger charge is 2.53. The minimum absolute atomic E-state index is 0.133. The lowest BCUT2D eigenvalue weighted by Gasteiger charge is -2.58. The lowest BCUT2D eigenvalue weighted by atomic mass is 9.52. The van der Waals surface area contributed by atoms with Gasteiger partial charge in [0.25, 0.3) is 0 Å². The van der Waals surface area contributed by atoms with Gasteiger partial charge in [0, 0.05) is 31.8 Å². The molecule has 5 rings (SSSR count). The molecule has 4 fully saturated rings. The van der Waals surface area contributed by atoms with Crippen LogP contribution in [-0.2, 0) is 9.47 Å². The van der Waals surface area contributed by atoms with Gasteiger partial charge in [-0.15, -0.1) is 0 Å². The predicted molar refractivity (Wildman–Crippen MR) is 134 cm³/mol. The van der Waals surface area contributed by atoms with E-state index in [-0.39, 0.29) is 17.7 Å². The molecule has 188 valence electrons. The van der Waals surface area contributed by atoms with E-state index in [9.17, 15) is 4.79 Å². The van der Waals surface area contributed by atoms with Crippen LogP contribution in [0.3, 0.4) is 0 Å². The normalized spacial score (nSPS) is 30.4. The maximum Gasteiger partial charge on any atom is 0.407 e. The number of alkyl carbamates (subject to hydrolysis) is 1. The second-order valence-corrected chi connectivity index (χ2v) is 12.3. The highest BCUT2D eigenvalue weighted by atomic mass is 16.6. The number of nitrogens with one attached hydrogen (secondary N) is 2. The lowest BCUT2D eigenvalue weighted by molar-refractivity contribution is -0.0921. The average Bonchev–Trinajstić information content (AvgIpc) is 2.71.